The van der Waals surface area contributed by atoms with Gasteiger partial charge in [0.05, 0.1) is 36.0 Å². The number of likely N-dealkylation sites (N-methyl/N-ethyl adjacent to an activating group) is 1. The number of anilines is 2. The summed E-state index contributed by atoms with van der Waals surface area (Å²) in [7, 11) is 4.02. The zero-order valence-electron chi connectivity index (χ0n) is 21.3. The van der Waals surface area contributed by atoms with E-state index in [1.54, 1.807) is 36.8 Å². The SMILES string of the molecule is CC(C)c1cncc(NC(=O)Nc2ccc(Oc3ccnc(-c4cnn(CCN(C)C)c4)c3)cc2F)c1. The lowest BCUT2D eigenvalue weighted by atomic mass is 10.1. The summed E-state index contributed by atoms with van der Waals surface area (Å²) in [6.07, 6.45) is 8.59. The summed E-state index contributed by atoms with van der Waals surface area (Å²) in [6, 6.07) is 8.97. The fourth-order valence-corrected chi connectivity index (χ4v) is 3.48. The van der Waals surface area contributed by atoms with Crippen molar-refractivity contribution in [3.05, 3.63) is 78.8 Å². The highest BCUT2D eigenvalue weighted by molar-refractivity contribution is 5.99. The largest absolute Gasteiger partial charge is 0.457 e. The second-order valence-corrected chi connectivity index (χ2v) is 9.16. The molecule has 10 heteroatoms. The number of nitrogens with zero attached hydrogens (tertiary/aromatic N) is 5. The zero-order valence-corrected chi connectivity index (χ0v) is 21.3. The predicted octanol–water partition coefficient (Wildman–Crippen LogP) is 5.60. The molecule has 4 aromatic rings. The van der Waals surface area contributed by atoms with E-state index in [0.717, 1.165) is 24.2 Å². The average Bonchev–Trinajstić information content (AvgIpc) is 3.34. The highest BCUT2D eigenvalue weighted by Gasteiger charge is 2.11. The maximum atomic E-state index is 14.7. The molecule has 0 radical (unpaired) electrons. The lowest BCUT2D eigenvalue weighted by molar-refractivity contribution is 0.262. The molecule has 2 amide bonds. The molecule has 0 fully saturated rings. The summed E-state index contributed by atoms with van der Waals surface area (Å²) in [5.74, 6) is 0.431. The number of benzene rings is 1. The number of hydrogen-bond acceptors (Lipinski definition) is 6. The second-order valence-electron chi connectivity index (χ2n) is 9.16. The number of carbonyl (C=O) groups is 1. The van der Waals surface area contributed by atoms with Crippen LogP contribution in [0.25, 0.3) is 11.3 Å². The minimum atomic E-state index is -0.627. The van der Waals surface area contributed by atoms with E-state index >= 15 is 0 Å². The van der Waals surface area contributed by atoms with Crippen LogP contribution >= 0.6 is 0 Å². The van der Waals surface area contributed by atoms with Gasteiger partial charge >= 0.3 is 6.03 Å². The van der Waals surface area contributed by atoms with E-state index in [1.165, 1.54) is 18.3 Å². The van der Waals surface area contributed by atoms with Gasteiger partial charge in [-0.2, -0.15) is 5.10 Å². The molecule has 0 saturated heterocycles. The monoisotopic (exact) mass is 503 g/mol. The number of nitrogens with one attached hydrogen (secondary N) is 2. The molecular formula is C27H30FN7O2. The van der Waals surface area contributed by atoms with Gasteiger partial charge in [0.2, 0.25) is 0 Å². The third kappa shape index (κ3) is 7.11. The normalized spacial score (nSPS) is 11.1. The average molecular weight is 504 g/mol. The van der Waals surface area contributed by atoms with Gasteiger partial charge < -0.3 is 20.3 Å². The molecule has 0 saturated carbocycles. The molecular weight excluding hydrogens is 473 g/mol. The number of rotatable bonds is 9. The van der Waals surface area contributed by atoms with Crippen molar-refractivity contribution in [2.45, 2.75) is 26.3 Å². The highest BCUT2D eigenvalue weighted by atomic mass is 19.1. The second kappa shape index (κ2) is 11.6. The number of halogens is 1. The highest BCUT2D eigenvalue weighted by Crippen LogP contribution is 2.28. The Hall–Kier alpha value is -4.31. The van der Waals surface area contributed by atoms with Crippen molar-refractivity contribution in [3.8, 4) is 22.8 Å². The van der Waals surface area contributed by atoms with Crippen molar-refractivity contribution < 1.29 is 13.9 Å². The molecule has 192 valence electrons. The quantitative estimate of drug-likeness (QED) is 0.309. The summed E-state index contributed by atoms with van der Waals surface area (Å²) >= 11 is 0. The standard InChI is InChI=1S/C27H30FN7O2/c1-18(2)19-11-21(16-29-14-19)32-27(36)33-25-6-5-22(12-24(25)28)37-23-7-8-30-26(13-23)20-15-31-35(17-20)10-9-34(3)4/h5-8,11-18H,9-10H2,1-4H3,(H2,32,33,36). The van der Waals surface area contributed by atoms with Gasteiger partial charge in [-0.3, -0.25) is 14.6 Å². The van der Waals surface area contributed by atoms with E-state index in [4.69, 9.17) is 4.74 Å². The number of amides is 2. The van der Waals surface area contributed by atoms with Gasteiger partial charge in [-0.25, -0.2) is 9.18 Å². The summed E-state index contributed by atoms with van der Waals surface area (Å²) in [5.41, 5.74) is 3.09. The Bertz CT molecular complexity index is 1370. The van der Waals surface area contributed by atoms with Crippen LogP contribution in [0.4, 0.5) is 20.6 Å². The Balaban J connectivity index is 1.39. The summed E-state index contributed by atoms with van der Waals surface area (Å²) in [6.45, 7) is 5.71. The fourth-order valence-electron chi connectivity index (χ4n) is 3.48. The van der Waals surface area contributed by atoms with Gasteiger partial charge in [-0.1, -0.05) is 13.8 Å². The summed E-state index contributed by atoms with van der Waals surface area (Å²) in [4.78, 5) is 23.0. The summed E-state index contributed by atoms with van der Waals surface area (Å²) < 4.78 is 22.4. The maximum absolute atomic E-state index is 14.7. The van der Waals surface area contributed by atoms with Crippen molar-refractivity contribution in [1.82, 2.24) is 24.6 Å². The van der Waals surface area contributed by atoms with Crippen LogP contribution < -0.4 is 15.4 Å². The third-order valence-electron chi connectivity index (χ3n) is 5.55. The minimum Gasteiger partial charge on any atom is -0.457 e. The van der Waals surface area contributed by atoms with Crippen LogP contribution in [-0.4, -0.2) is 51.3 Å². The number of ether oxygens (including phenoxy) is 1. The molecule has 0 aliphatic heterocycles. The number of carbonyl (C=O) groups excluding carboxylic acids is 1. The van der Waals surface area contributed by atoms with E-state index in [0.29, 0.717) is 17.1 Å². The zero-order chi connectivity index (χ0) is 26.4. The number of urea groups is 1. The number of pyridine rings is 2. The lowest BCUT2D eigenvalue weighted by Gasteiger charge is -2.12. The van der Waals surface area contributed by atoms with Gasteiger partial charge in [-0.15, -0.1) is 0 Å². The molecule has 2 N–H and O–H groups in total. The molecule has 4 rings (SSSR count). The van der Waals surface area contributed by atoms with E-state index in [1.807, 2.05) is 44.9 Å². The Labute approximate surface area is 215 Å². The molecule has 0 aliphatic rings. The van der Waals surface area contributed by atoms with Crippen LogP contribution in [0.15, 0.2) is 67.4 Å². The van der Waals surface area contributed by atoms with Crippen molar-refractivity contribution in [3.63, 3.8) is 0 Å². The first-order valence-corrected chi connectivity index (χ1v) is 11.9. The first kappa shape index (κ1) is 25.8. The smallest absolute Gasteiger partial charge is 0.323 e. The van der Waals surface area contributed by atoms with Crippen LogP contribution in [0, 0.1) is 5.82 Å². The first-order valence-electron chi connectivity index (χ1n) is 11.9. The summed E-state index contributed by atoms with van der Waals surface area (Å²) in [5, 5.41) is 9.57. The van der Waals surface area contributed by atoms with E-state index in [2.05, 4.69) is 30.6 Å². The Morgan fingerprint density at radius 3 is 2.65 bits per heavy atom. The van der Waals surface area contributed by atoms with Gasteiger partial charge in [0.25, 0.3) is 0 Å². The van der Waals surface area contributed by atoms with Crippen molar-refractivity contribution in [2.24, 2.45) is 0 Å². The minimum absolute atomic E-state index is 0.0263. The van der Waals surface area contributed by atoms with Crippen LogP contribution in [0.2, 0.25) is 0 Å². The van der Waals surface area contributed by atoms with Crippen LogP contribution in [0.1, 0.15) is 25.3 Å². The Morgan fingerprint density at radius 1 is 1.08 bits per heavy atom. The van der Waals surface area contributed by atoms with Crippen molar-refractivity contribution in [2.75, 3.05) is 31.3 Å². The van der Waals surface area contributed by atoms with Gasteiger partial charge in [0, 0.05) is 42.8 Å². The van der Waals surface area contributed by atoms with E-state index in [-0.39, 0.29) is 17.4 Å². The number of aromatic nitrogens is 4. The van der Waals surface area contributed by atoms with Gasteiger partial charge in [0.1, 0.15) is 17.3 Å². The molecule has 0 spiro atoms. The molecule has 1 aromatic carbocycles. The Kier molecular flexibility index (Phi) is 8.09. The molecule has 37 heavy (non-hydrogen) atoms. The fraction of sp³-hybridized carbons (Fsp3) is 0.259. The van der Waals surface area contributed by atoms with Crippen LogP contribution in [0.3, 0.4) is 0 Å². The van der Waals surface area contributed by atoms with Crippen LogP contribution in [-0.2, 0) is 6.54 Å². The Morgan fingerprint density at radius 2 is 1.89 bits per heavy atom. The third-order valence-corrected chi connectivity index (χ3v) is 5.55. The molecule has 0 aliphatic carbocycles. The van der Waals surface area contributed by atoms with E-state index in [9.17, 15) is 9.18 Å². The maximum Gasteiger partial charge on any atom is 0.323 e. The molecule has 0 unspecified atom stereocenters. The van der Waals surface area contributed by atoms with E-state index < -0.39 is 11.8 Å². The molecule has 0 bridgehead atoms. The van der Waals surface area contributed by atoms with Crippen LogP contribution in [0.5, 0.6) is 11.5 Å². The van der Waals surface area contributed by atoms with Gasteiger partial charge in [-0.05, 0) is 49.8 Å². The molecule has 3 aromatic heterocycles. The van der Waals surface area contributed by atoms with Crippen molar-refractivity contribution in [1.29, 1.82) is 0 Å². The topological polar surface area (TPSA) is 97.2 Å². The molecule has 3 heterocycles. The predicted molar refractivity (Wildman–Crippen MR) is 141 cm³/mol. The number of hydrogen-bond donors (Lipinski definition) is 2. The van der Waals surface area contributed by atoms with Gasteiger partial charge in [0.15, 0.2) is 0 Å². The molecule has 9 nitrogen and oxygen atoms in total. The lowest BCUT2D eigenvalue weighted by Crippen LogP contribution is -2.20. The first-order chi connectivity index (χ1) is 17.8. The van der Waals surface area contributed by atoms with Crippen molar-refractivity contribution >= 4 is 17.4 Å². The molecule has 0 atom stereocenters.